The molecule has 1 rings (SSSR count). The van der Waals surface area contributed by atoms with E-state index < -0.39 is 0 Å². The quantitative estimate of drug-likeness (QED) is 0.713. The number of rotatable bonds is 5. The second-order valence-electron chi connectivity index (χ2n) is 4.50. The van der Waals surface area contributed by atoms with Crippen LogP contribution in [-0.4, -0.2) is 13.1 Å². The minimum Gasteiger partial charge on any atom is -0.469 e. The highest BCUT2D eigenvalue weighted by Crippen LogP contribution is 2.11. The first-order valence-electron chi connectivity index (χ1n) is 5.76. The molecule has 1 aromatic carbocycles. The largest absolute Gasteiger partial charge is 0.469 e. The average molecular weight is 220 g/mol. The number of esters is 1. The predicted molar refractivity (Wildman–Crippen MR) is 65.3 cm³/mol. The fourth-order valence-electron chi connectivity index (χ4n) is 1.52. The minimum atomic E-state index is -0.185. The van der Waals surface area contributed by atoms with Gasteiger partial charge in [-0.1, -0.05) is 38.1 Å². The highest BCUT2D eigenvalue weighted by molar-refractivity contribution is 5.72. The Labute approximate surface area is 97.6 Å². The highest BCUT2D eigenvalue weighted by atomic mass is 16.5. The van der Waals surface area contributed by atoms with E-state index in [1.54, 1.807) is 0 Å². The number of benzene rings is 1. The third-order valence-corrected chi connectivity index (χ3v) is 2.61. The van der Waals surface area contributed by atoms with Gasteiger partial charge in [-0.25, -0.2) is 0 Å². The van der Waals surface area contributed by atoms with Gasteiger partial charge in [0.05, 0.1) is 13.5 Å². The third kappa shape index (κ3) is 4.47. The SMILES string of the molecule is COC(=O)Cc1ccc(CCC(C)C)cc1. The molecule has 0 saturated heterocycles. The summed E-state index contributed by atoms with van der Waals surface area (Å²) < 4.78 is 4.62. The summed E-state index contributed by atoms with van der Waals surface area (Å²) in [5.41, 5.74) is 2.35. The van der Waals surface area contributed by atoms with Crippen LogP contribution in [0.15, 0.2) is 24.3 Å². The topological polar surface area (TPSA) is 26.3 Å². The van der Waals surface area contributed by atoms with Gasteiger partial charge in [0.1, 0.15) is 0 Å². The molecule has 0 saturated carbocycles. The molecular formula is C14H20O2. The number of hydrogen-bond acceptors (Lipinski definition) is 2. The van der Waals surface area contributed by atoms with E-state index in [2.05, 4.69) is 30.7 Å². The van der Waals surface area contributed by atoms with E-state index >= 15 is 0 Å². The number of methoxy groups -OCH3 is 1. The van der Waals surface area contributed by atoms with Crippen molar-refractivity contribution in [1.29, 1.82) is 0 Å². The summed E-state index contributed by atoms with van der Waals surface area (Å²) in [4.78, 5) is 11.1. The molecule has 0 fully saturated rings. The summed E-state index contributed by atoms with van der Waals surface area (Å²) in [5, 5.41) is 0. The van der Waals surface area contributed by atoms with Crippen molar-refractivity contribution >= 4 is 5.97 Å². The summed E-state index contributed by atoms with van der Waals surface area (Å²) in [6.45, 7) is 4.46. The monoisotopic (exact) mass is 220 g/mol. The lowest BCUT2D eigenvalue weighted by molar-refractivity contribution is -0.139. The van der Waals surface area contributed by atoms with Crippen molar-refractivity contribution in [2.75, 3.05) is 7.11 Å². The molecule has 1 aromatic rings. The molecule has 0 radical (unpaired) electrons. The van der Waals surface area contributed by atoms with Crippen LogP contribution in [0, 0.1) is 5.92 Å². The molecule has 0 aliphatic rings. The molecule has 0 N–H and O–H groups in total. The van der Waals surface area contributed by atoms with Crippen molar-refractivity contribution in [3.05, 3.63) is 35.4 Å². The molecule has 0 atom stereocenters. The van der Waals surface area contributed by atoms with E-state index in [1.165, 1.54) is 19.1 Å². The van der Waals surface area contributed by atoms with Gasteiger partial charge < -0.3 is 4.74 Å². The van der Waals surface area contributed by atoms with Gasteiger partial charge in [-0.05, 0) is 29.9 Å². The Kier molecular flexibility index (Phi) is 5.03. The van der Waals surface area contributed by atoms with Crippen LogP contribution >= 0.6 is 0 Å². The van der Waals surface area contributed by atoms with E-state index in [4.69, 9.17) is 0 Å². The second-order valence-corrected chi connectivity index (χ2v) is 4.50. The highest BCUT2D eigenvalue weighted by Gasteiger charge is 2.02. The van der Waals surface area contributed by atoms with Gasteiger partial charge in [0.25, 0.3) is 0 Å². The molecule has 16 heavy (non-hydrogen) atoms. The van der Waals surface area contributed by atoms with Crippen LogP contribution in [0.25, 0.3) is 0 Å². The van der Waals surface area contributed by atoms with Gasteiger partial charge in [0.15, 0.2) is 0 Å². The molecule has 0 heterocycles. The first-order valence-corrected chi connectivity index (χ1v) is 5.76. The Morgan fingerprint density at radius 2 is 1.75 bits per heavy atom. The Morgan fingerprint density at radius 3 is 2.25 bits per heavy atom. The van der Waals surface area contributed by atoms with Gasteiger partial charge >= 0.3 is 5.97 Å². The maximum atomic E-state index is 11.1. The normalized spacial score (nSPS) is 10.5. The fraction of sp³-hybridized carbons (Fsp3) is 0.500. The zero-order chi connectivity index (χ0) is 12.0. The fourth-order valence-corrected chi connectivity index (χ4v) is 1.52. The Balaban J connectivity index is 2.51. The lowest BCUT2D eigenvalue weighted by Crippen LogP contribution is -2.04. The van der Waals surface area contributed by atoms with E-state index in [0.717, 1.165) is 17.9 Å². The predicted octanol–water partition coefficient (Wildman–Crippen LogP) is 2.99. The zero-order valence-corrected chi connectivity index (χ0v) is 10.3. The van der Waals surface area contributed by atoms with Crippen LogP contribution in [0.2, 0.25) is 0 Å². The zero-order valence-electron chi connectivity index (χ0n) is 10.3. The van der Waals surface area contributed by atoms with Crippen molar-refractivity contribution in [3.8, 4) is 0 Å². The first kappa shape index (κ1) is 12.8. The van der Waals surface area contributed by atoms with Gasteiger partial charge in [0.2, 0.25) is 0 Å². The maximum Gasteiger partial charge on any atom is 0.309 e. The van der Waals surface area contributed by atoms with Gasteiger partial charge in [0, 0.05) is 0 Å². The van der Waals surface area contributed by atoms with Gasteiger partial charge in [-0.3, -0.25) is 4.79 Å². The van der Waals surface area contributed by atoms with Crippen LogP contribution in [0.5, 0.6) is 0 Å². The molecule has 2 heteroatoms. The first-order chi connectivity index (χ1) is 7.61. The number of aryl methyl sites for hydroxylation is 1. The Hall–Kier alpha value is -1.31. The molecule has 88 valence electrons. The van der Waals surface area contributed by atoms with E-state index in [1.807, 2.05) is 12.1 Å². The summed E-state index contributed by atoms with van der Waals surface area (Å²) in [6.07, 6.45) is 2.67. The third-order valence-electron chi connectivity index (χ3n) is 2.61. The molecule has 0 aromatic heterocycles. The molecule has 0 amide bonds. The van der Waals surface area contributed by atoms with E-state index in [-0.39, 0.29) is 5.97 Å². The molecule has 0 aliphatic carbocycles. The molecule has 0 spiro atoms. The number of hydrogen-bond donors (Lipinski definition) is 0. The maximum absolute atomic E-state index is 11.1. The van der Waals surface area contributed by atoms with Gasteiger partial charge in [-0.15, -0.1) is 0 Å². The Morgan fingerprint density at radius 1 is 1.19 bits per heavy atom. The summed E-state index contributed by atoms with van der Waals surface area (Å²) in [6, 6.07) is 8.21. The van der Waals surface area contributed by atoms with Crippen LogP contribution in [0.1, 0.15) is 31.4 Å². The van der Waals surface area contributed by atoms with Crippen LogP contribution in [0.3, 0.4) is 0 Å². The van der Waals surface area contributed by atoms with Crippen molar-refractivity contribution in [3.63, 3.8) is 0 Å². The van der Waals surface area contributed by atoms with E-state index in [0.29, 0.717) is 6.42 Å². The minimum absolute atomic E-state index is 0.185. The van der Waals surface area contributed by atoms with Crippen molar-refractivity contribution < 1.29 is 9.53 Å². The number of carbonyl (C=O) groups excluding carboxylic acids is 1. The van der Waals surface area contributed by atoms with Crippen molar-refractivity contribution in [2.45, 2.75) is 33.1 Å². The summed E-state index contributed by atoms with van der Waals surface area (Å²) >= 11 is 0. The molecule has 0 aliphatic heterocycles. The van der Waals surface area contributed by atoms with Gasteiger partial charge in [-0.2, -0.15) is 0 Å². The lowest BCUT2D eigenvalue weighted by atomic mass is 10.0. The molecular weight excluding hydrogens is 200 g/mol. The van der Waals surface area contributed by atoms with E-state index in [9.17, 15) is 4.79 Å². The molecule has 0 unspecified atom stereocenters. The smallest absolute Gasteiger partial charge is 0.309 e. The number of carbonyl (C=O) groups is 1. The van der Waals surface area contributed by atoms with Crippen LogP contribution in [0.4, 0.5) is 0 Å². The molecule has 0 bridgehead atoms. The van der Waals surface area contributed by atoms with Crippen LogP contribution < -0.4 is 0 Å². The lowest BCUT2D eigenvalue weighted by Gasteiger charge is -2.05. The van der Waals surface area contributed by atoms with Crippen LogP contribution in [-0.2, 0) is 22.4 Å². The number of ether oxygens (including phenoxy) is 1. The average Bonchev–Trinajstić information content (AvgIpc) is 2.28. The second kappa shape index (κ2) is 6.31. The standard InChI is InChI=1S/C14H20O2/c1-11(2)4-5-12-6-8-13(9-7-12)10-14(15)16-3/h6-9,11H,4-5,10H2,1-3H3. The molecule has 2 nitrogen and oxygen atoms in total. The summed E-state index contributed by atoms with van der Waals surface area (Å²) in [7, 11) is 1.42. The Bertz CT molecular complexity index is 325. The van der Waals surface area contributed by atoms with Crippen molar-refractivity contribution in [1.82, 2.24) is 0 Å². The van der Waals surface area contributed by atoms with Crippen molar-refractivity contribution in [2.24, 2.45) is 5.92 Å². The summed E-state index contributed by atoms with van der Waals surface area (Å²) in [5.74, 6) is 0.546.